The normalized spacial score (nSPS) is 11.7. The van der Waals surface area contributed by atoms with E-state index in [1.165, 1.54) is 5.56 Å². The number of rotatable bonds is 8. The number of nitrogens with one attached hydrogen (secondary N) is 1. The van der Waals surface area contributed by atoms with Crippen LogP contribution in [0.4, 0.5) is 0 Å². The van der Waals surface area contributed by atoms with E-state index in [0.29, 0.717) is 19.6 Å². The Morgan fingerprint density at radius 2 is 1.54 bits per heavy atom. The number of carbonyl (C=O) groups excluding carboxylic acids is 1. The summed E-state index contributed by atoms with van der Waals surface area (Å²) in [4.78, 5) is 12.4. The molecule has 0 fully saturated rings. The number of hydrogen-bond donors (Lipinski definition) is 1. The zero-order valence-electron chi connectivity index (χ0n) is 16.4. The molecule has 1 atom stereocenters. The Bertz CT molecular complexity index is 755. The van der Waals surface area contributed by atoms with Crippen LogP contribution < -0.4 is 14.8 Å². The fraction of sp³-hybridized carbons (Fsp3) is 0.409. The molecule has 0 radical (unpaired) electrons. The summed E-state index contributed by atoms with van der Waals surface area (Å²) in [5.74, 6) is 1.51. The molecule has 1 N–H and O–H groups in total. The predicted octanol–water partition coefficient (Wildman–Crippen LogP) is 4.27. The third kappa shape index (κ3) is 5.01. The maximum atomic E-state index is 12.4. The summed E-state index contributed by atoms with van der Waals surface area (Å²) in [6.45, 7) is 11.0. The molecule has 1 amide bonds. The van der Waals surface area contributed by atoms with Crippen LogP contribution >= 0.6 is 0 Å². The third-order valence-electron chi connectivity index (χ3n) is 4.70. The van der Waals surface area contributed by atoms with Gasteiger partial charge < -0.3 is 14.8 Å². The predicted molar refractivity (Wildman–Crippen MR) is 105 cm³/mol. The Hall–Kier alpha value is -2.49. The van der Waals surface area contributed by atoms with Gasteiger partial charge in [0, 0.05) is 0 Å². The average molecular weight is 355 g/mol. The lowest BCUT2D eigenvalue weighted by atomic mass is 10.1. The smallest absolute Gasteiger partial charge is 0.261 e. The molecule has 0 aliphatic carbocycles. The van der Waals surface area contributed by atoms with Crippen LogP contribution in [-0.4, -0.2) is 25.2 Å². The monoisotopic (exact) mass is 355 g/mol. The Balaban J connectivity index is 1.85. The van der Waals surface area contributed by atoms with E-state index in [2.05, 4.69) is 18.3 Å². The van der Waals surface area contributed by atoms with Crippen molar-refractivity contribution in [1.29, 1.82) is 0 Å². The molecule has 2 aromatic carbocycles. The van der Waals surface area contributed by atoms with Gasteiger partial charge in [-0.3, -0.25) is 4.79 Å². The Kier molecular flexibility index (Phi) is 7.07. The molecule has 2 aromatic rings. The van der Waals surface area contributed by atoms with Gasteiger partial charge in [0.05, 0.1) is 6.54 Å². The fourth-order valence-corrected chi connectivity index (χ4v) is 2.66. The molecule has 4 nitrogen and oxygen atoms in total. The average Bonchev–Trinajstić information content (AvgIpc) is 2.63. The number of hydrogen-bond acceptors (Lipinski definition) is 3. The van der Waals surface area contributed by atoms with Crippen molar-refractivity contribution in [3.05, 3.63) is 58.7 Å². The van der Waals surface area contributed by atoms with Crippen LogP contribution in [0.5, 0.6) is 11.5 Å². The quantitative estimate of drug-likeness (QED) is 0.719. The molecule has 0 heterocycles. The van der Waals surface area contributed by atoms with E-state index in [1.54, 1.807) is 0 Å². The molecule has 0 aromatic heterocycles. The van der Waals surface area contributed by atoms with Gasteiger partial charge in [0.25, 0.3) is 5.91 Å². The van der Waals surface area contributed by atoms with Crippen molar-refractivity contribution in [1.82, 2.24) is 5.32 Å². The highest BCUT2D eigenvalue weighted by Gasteiger charge is 2.19. The fourth-order valence-electron chi connectivity index (χ4n) is 2.66. The number of amides is 1. The van der Waals surface area contributed by atoms with Gasteiger partial charge in [-0.15, -0.1) is 0 Å². The summed E-state index contributed by atoms with van der Waals surface area (Å²) in [7, 11) is 0. The first kappa shape index (κ1) is 19.8. The molecule has 0 saturated heterocycles. The third-order valence-corrected chi connectivity index (χ3v) is 4.70. The lowest BCUT2D eigenvalue weighted by molar-refractivity contribution is -0.128. The molecule has 0 aliphatic rings. The van der Waals surface area contributed by atoms with E-state index in [4.69, 9.17) is 9.47 Å². The molecule has 2 rings (SSSR count). The second kappa shape index (κ2) is 9.27. The van der Waals surface area contributed by atoms with E-state index >= 15 is 0 Å². The van der Waals surface area contributed by atoms with E-state index in [9.17, 15) is 4.79 Å². The molecule has 0 spiro atoms. The highest BCUT2D eigenvalue weighted by molar-refractivity contribution is 5.81. The lowest BCUT2D eigenvalue weighted by Crippen LogP contribution is -2.40. The number of ether oxygens (including phenoxy) is 2. The molecule has 0 saturated carbocycles. The van der Waals surface area contributed by atoms with Gasteiger partial charge in [0.2, 0.25) is 0 Å². The maximum Gasteiger partial charge on any atom is 0.261 e. The molecule has 4 heteroatoms. The standard InChI is InChI=1S/C22H29NO3/c1-6-19(26-21-12-8-10-16(3)18(21)5)22(24)23-13-14-25-20-11-7-9-15(2)17(20)4/h7-12,19H,6,13-14H2,1-5H3,(H,23,24). The molecular formula is C22H29NO3. The second-order valence-electron chi connectivity index (χ2n) is 6.55. The summed E-state index contributed by atoms with van der Waals surface area (Å²) in [6.07, 6.45) is 0.105. The molecule has 26 heavy (non-hydrogen) atoms. The summed E-state index contributed by atoms with van der Waals surface area (Å²) >= 11 is 0. The van der Waals surface area contributed by atoms with Crippen LogP contribution in [0.1, 0.15) is 35.6 Å². The van der Waals surface area contributed by atoms with E-state index < -0.39 is 6.10 Å². The van der Waals surface area contributed by atoms with Crippen LogP contribution in [0.2, 0.25) is 0 Å². The highest BCUT2D eigenvalue weighted by atomic mass is 16.5. The topological polar surface area (TPSA) is 47.6 Å². The first-order chi connectivity index (χ1) is 12.4. The maximum absolute atomic E-state index is 12.4. The van der Waals surface area contributed by atoms with E-state index in [1.807, 2.05) is 58.0 Å². The van der Waals surface area contributed by atoms with Crippen molar-refractivity contribution in [2.24, 2.45) is 0 Å². The van der Waals surface area contributed by atoms with Crippen LogP contribution in [0.25, 0.3) is 0 Å². The summed E-state index contributed by atoms with van der Waals surface area (Å²) in [5, 5.41) is 2.90. The van der Waals surface area contributed by atoms with Crippen molar-refractivity contribution in [2.45, 2.75) is 47.1 Å². The van der Waals surface area contributed by atoms with Crippen molar-refractivity contribution in [3.63, 3.8) is 0 Å². The Labute approximate surface area is 156 Å². The number of aryl methyl sites for hydroxylation is 2. The summed E-state index contributed by atoms with van der Waals surface area (Å²) in [6, 6.07) is 11.9. The lowest BCUT2D eigenvalue weighted by Gasteiger charge is -2.19. The largest absolute Gasteiger partial charge is 0.491 e. The van der Waals surface area contributed by atoms with Gasteiger partial charge in [-0.05, 0) is 68.5 Å². The number of benzene rings is 2. The zero-order chi connectivity index (χ0) is 19.1. The Morgan fingerprint density at radius 1 is 0.962 bits per heavy atom. The van der Waals surface area contributed by atoms with Crippen LogP contribution in [0.15, 0.2) is 36.4 Å². The first-order valence-corrected chi connectivity index (χ1v) is 9.13. The minimum absolute atomic E-state index is 0.113. The SMILES string of the molecule is CCC(Oc1cccc(C)c1C)C(=O)NCCOc1cccc(C)c1C. The van der Waals surface area contributed by atoms with Crippen molar-refractivity contribution < 1.29 is 14.3 Å². The van der Waals surface area contributed by atoms with Crippen molar-refractivity contribution in [2.75, 3.05) is 13.2 Å². The van der Waals surface area contributed by atoms with Gasteiger partial charge in [-0.25, -0.2) is 0 Å². The molecule has 0 bridgehead atoms. The minimum atomic E-state index is -0.504. The summed E-state index contributed by atoms with van der Waals surface area (Å²) < 4.78 is 11.7. The van der Waals surface area contributed by atoms with Gasteiger partial charge in [0.15, 0.2) is 6.10 Å². The van der Waals surface area contributed by atoms with Gasteiger partial charge >= 0.3 is 0 Å². The molecule has 0 aliphatic heterocycles. The molecular weight excluding hydrogens is 326 g/mol. The van der Waals surface area contributed by atoms with E-state index in [0.717, 1.165) is 28.2 Å². The van der Waals surface area contributed by atoms with Gasteiger partial charge in [-0.1, -0.05) is 31.2 Å². The van der Waals surface area contributed by atoms with E-state index in [-0.39, 0.29) is 5.91 Å². The molecule has 1 unspecified atom stereocenters. The van der Waals surface area contributed by atoms with Crippen LogP contribution in [-0.2, 0) is 4.79 Å². The first-order valence-electron chi connectivity index (χ1n) is 9.13. The zero-order valence-corrected chi connectivity index (χ0v) is 16.4. The molecule has 140 valence electrons. The number of carbonyl (C=O) groups is 1. The van der Waals surface area contributed by atoms with Gasteiger partial charge in [-0.2, -0.15) is 0 Å². The van der Waals surface area contributed by atoms with Crippen LogP contribution in [0.3, 0.4) is 0 Å². The second-order valence-corrected chi connectivity index (χ2v) is 6.55. The minimum Gasteiger partial charge on any atom is -0.491 e. The summed E-state index contributed by atoms with van der Waals surface area (Å²) in [5.41, 5.74) is 4.54. The van der Waals surface area contributed by atoms with Crippen molar-refractivity contribution in [3.8, 4) is 11.5 Å². The Morgan fingerprint density at radius 3 is 2.15 bits per heavy atom. The van der Waals surface area contributed by atoms with Crippen molar-refractivity contribution >= 4 is 5.91 Å². The van der Waals surface area contributed by atoms with Crippen LogP contribution in [0, 0.1) is 27.7 Å². The van der Waals surface area contributed by atoms with Gasteiger partial charge in [0.1, 0.15) is 18.1 Å². The highest BCUT2D eigenvalue weighted by Crippen LogP contribution is 2.22.